The van der Waals surface area contributed by atoms with Crippen LogP contribution in [0.1, 0.15) is 5.56 Å². The van der Waals surface area contributed by atoms with Crippen molar-refractivity contribution >= 4 is 11.6 Å². The van der Waals surface area contributed by atoms with Crippen molar-refractivity contribution in [3.8, 4) is 23.3 Å². The van der Waals surface area contributed by atoms with Gasteiger partial charge in [0, 0.05) is 6.07 Å². The van der Waals surface area contributed by atoms with Crippen molar-refractivity contribution in [2.24, 2.45) is 0 Å². The molecule has 0 bridgehead atoms. The van der Waals surface area contributed by atoms with Gasteiger partial charge in [0.25, 0.3) is 0 Å². The second kappa shape index (κ2) is 5.94. The number of ether oxygens (including phenoxy) is 2. The normalized spacial score (nSPS) is 10.8. The highest BCUT2D eigenvalue weighted by molar-refractivity contribution is 6.31. The SMILES string of the molecule is N#Cc1ccc(Oc2ccc(OC(F)(F)F)cc2)cc1Cl. The second-order valence-corrected chi connectivity index (χ2v) is 4.28. The zero-order chi connectivity index (χ0) is 15.5. The number of hydrogen-bond acceptors (Lipinski definition) is 3. The van der Waals surface area contributed by atoms with Crippen LogP contribution in [0.2, 0.25) is 5.02 Å². The van der Waals surface area contributed by atoms with Crippen molar-refractivity contribution in [2.45, 2.75) is 6.36 Å². The largest absolute Gasteiger partial charge is 0.573 e. The summed E-state index contributed by atoms with van der Waals surface area (Å²) in [6.07, 6.45) is -4.73. The molecule has 21 heavy (non-hydrogen) atoms. The van der Waals surface area contributed by atoms with Gasteiger partial charge in [-0.15, -0.1) is 13.2 Å². The molecule has 0 spiro atoms. The van der Waals surface area contributed by atoms with Crippen LogP contribution in [-0.4, -0.2) is 6.36 Å². The molecule has 0 aliphatic heterocycles. The molecule has 0 radical (unpaired) electrons. The fourth-order valence-corrected chi connectivity index (χ4v) is 1.71. The first kappa shape index (κ1) is 15.0. The third-order valence-electron chi connectivity index (χ3n) is 2.35. The fraction of sp³-hybridized carbons (Fsp3) is 0.0714. The smallest absolute Gasteiger partial charge is 0.457 e. The lowest BCUT2D eigenvalue weighted by atomic mass is 10.2. The van der Waals surface area contributed by atoms with Gasteiger partial charge in [0.15, 0.2) is 0 Å². The number of nitrogens with zero attached hydrogens (tertiary/aromatic N) is 1. The Morgan fingerprint density at radius 1 is 0.952 bits per heavy atom. The highest BCUT2D eigenvalue weighted by Gasteiger charge is 2.30. The summed E-state index contributed by atoms with van der Waals surface area (Å²) in [5.41, 5.74) is 0.304. The van der Waals surface area contributed by atoms with E-state index in [1.54, 1.807) is 0 Å². The number of halogens is 4. The van der Waals surface area contributed by atoms with Crippen molar-refractivity contribution in [1.82, 2.24) is 0 Å². The zero-order valence-electron chi connectivity index (χ0n) is 10.3. The van der Waals surface area contributed by atoms with Crippen LogP contribution in [-0.2, 0) is 0 Å². The minimum atomic E-state index is -4.73. The Bertz CT molecular complexity index is 678. The number of nitriles is 1. The molecular weight excluding hydrogens is 307 g/mol. The van der Waals surface area contributed by atoms with Crippen LogP contribution in [0.15, 0.2) is 42.5 Å². The van der Waals surface area contributed by atoms with Crippen LogP contribution >= 0.6 is 11.6 Å². The van der Waals surface area contributed by atoms with Gasteiger partial charge in [-0.2, -0.15) is 5.26 Å². The average Bonchev–Trinajstić information content (AvgIpc) is 2.40. The maximum absolute atomic E-state index is 12.0. The summed E-state index contributed by atoms with van der Waals surface area (Å²) in [6.45, 7) is 0. The van der Waals surface area contributed by atoms with Gasteiger partial charge in [0.1, 0.15) is 23.3 Å². The van der Waals surface area contributed by atoms with Crippen molar-refractivity contribution in [3.05, 3.63) is 53.1 Å². The van der Waals surface area contributed by atoms with Gasteiger partial charge in [-0.3, -0.25) is 0 Å². The Kier molecular flexibility index (Phi) is 4.24. The van der Waals surface area contributed by atoms with E-state index in [0.29, 0.717) is 17.1 Å². The number of rotatable bonds is 3. The van der Waals surface area contributed by atoms with Gasteiger partial charge in [-0.25, -0.2) is 0 Å². The average molecular weight is 314 g/mol. The lowest BCUT2D eigenvalue weighted by Gasteiger charge is -2.10. The highest BCUT2D eigenvalue weighted by atomic mass is 35.5. The monoisotopic (exact) mass is 313 g/mol. The molecule has 0 aliphatic carbocycles. The van der Waals surface area contributed by atoms with E-state index in [4.69, 9.17) is 21.6 Å². The van der Waals surface area contributed by atoms with E-state index in [9.17, 15) is 13.2 Å². The predicted octanol–water partition coefficient (Wildman–Crippen LogP) is 4.90. The van der Waals surface area contributed by atoms with Crippen LogP contribution in [0.4, 0.5) is 13.2 Å². The maximum atomic E-state index is 12.0. The molecule has 0 aliphatic rings. The summed E-state index contributed by atoms with van der Waals surface area (Å²) in [5, 5.41) is 8.97. The summed E-state index contributed by atoms with van der Waals surface area (Å²) < 4.78 is 45.2. The van der Waals surface area contributed by atoms with E-state index in [1.165, 1.54) is 30.3 Å². The minimum Gasteiger partial charge on any atom is -0.457 e. The van der Waals surface area contributed by atoms with E-state index in [-0.39, 0.29) is 10.8 Å². The Morgan fingerprint density at radius 2 is 1.52 bits per heavy atom. The van der Waals surface area contributed by atoms with Crippen molar-refractivity contribution < 1.29 is 22.6 Å². The first-order valence-corrected chi connectivity index (χ1v) is 5.98. The third kappa shape index (κ3) is 4.29. The molecule has 7 heteroatoms. The van der Waals surface area contributed by atoms with E-state index in [0.717, 1.165) is 12.1 Å². The standard InChI is InChI=1S/C14H7ClF3NO2/c15-13-7-12(2-1-9(13)8-19)20-10-3-5-11(6-4-10)21-14(16,17)18/h1-7H. The molecule has 0 heterocycles. The Morgan fingerprint density at radius 3 is 2.05 bits per heavy atom. The molecule has 0 N–H and O–H groups in total. The molecule has 0 saturated heterocycles. The van der Waals surface area contributed by atoms with E-state index < -0.39 is 6.36 Å². The van der Waals surface area contributed by atoms with Crippen molar-refractivity contribution in [3.63, 3.8) is 0 Å². The van der Waals surface area contributed by atoms with E-state index >= 15 is 0 Å². The van der Waals surface area contributed by atoms with Gasteiger partial charge in [-0.05, 0) is 36.4 Å². The Balaban J connectivity index is 2.10. The molecule has 0 amide bonds. The Labute approximate surface area is 123 Å². The van der Waals surface area contributed by atoms with Crippen molar-refractivity contribution in [1.29, 1.82) is 5.26 Å². The number of alkyl halides is 3. The molecule has 3 nitrogen and oxygen atoms in total. The second-order valence-electron chi connectivity index (χ2n) is 3.87. The summed E-state index contributed by atoms with van der Waals surface area (Å²) in [5.74, 6) is 0.335. The topological polar surface area (TPSA) is 42.2 Å². The van der Waals surface area contributed by atoms with Gasteiger partial charge in [-0.1, -0.05) is 11.6 Å². The van der Waals surface area contributed by atoms with Crippen LogP contribution in [0, 0.1) is 11.3 Å². The molecule has 2 rings (SSSR count). The summed E-state index contributed by atoms with van der Waals surface area (Å²) in [4.78, 5) is 0. The van der Waals surface area contributed by atoms with Gasteiger partial charge in [0.05, 0.1) is 10.6 Å². The quantitative estimate of drug-likeness (QED) is 0.809. The number of benzene rings is 2. The lowest BCUT2D eigenvalue weighted by molar-refractivity contribution is -0.274. The fourth-order valence-electron chi connectivity index (χ4n) is 1.50. The molecule has 0 atom stereocenters. The van der Waals surface area contributed by atoms with Gasteiger partial charge >= 0.3 is 6.36 Å². The summed E-state index contributed by atoms with van der Waals surface area (Å²) in [7, 11) is 0. The molecular formula is C14H7ClF3NO2. The van der Waals surface area contributed by atoms with Crippen LogP contribution in [0.3, 0.4) is 0 Å². The Hall–Kier alpha value is -2.39. The first-order chi connectivity index (χ1) is 9.87. The first-order valence-electron chi connectivity index (χ1n) is 5.61. The highest BCUT2D eigenvalue weighted by Crippen LogP contribution is 2.29. The molecule has 108 valence electrons. The van der Waals surface area contributed by atoms with Crippen LogP contribution in [0.5, 0.6) is 17.2 Å². The summed E-state index contributed by atoms with van der Waals surface area (Å²) >= 11 is 5.85. The molecule has 0 aromatic heterocycles. The maximum Gasteiger partial charge on any atom is 0.573 e. The molecule has 2 aromatic rings. The molecule has 0 fully saturated rings. The zero-order valence-corrected chi connectivity index (χ0v) is 11.1. The molecule has 2 aromatic carbocycles. The number of hydrogen-bond donors (Lipinski definition) is 0. The minimum absolute atomic E-state index is 0.229. The van der Waals surface area contributed by atoms with Gasteiger partial charge < -0.3 is 9.47 Å². The third-order valence-corrected chi connectivity index (χ3v) is 2.67. The van der Waals surface area contributed by atoms with Gasteiger partial charge in [0.2, 0.25) is 0 Å². The summed E-state index contributed by atoms with van der Waals surface area (Å²) in [6, 6.07) is 11.3. The van der Waals surface area contributed by atoms with Crippen LogP contribution < -0.4 is 9.47 Å². The van der Waals surface area contributed by atoms with E-state index in [2.05, 4.69) is 4.74 Å². The van der Waals surface area contributed by atoms with Crippen molar-refractivity contribution in [2.75, 3.05) is 0 Å². The molecule has 0 saturated carbocycles. The van der Waals surface area contributed by atoms with Crippen LogP contribution in [0.25, 0.3) is 0 Å². The van der Waals surface area contributed by atoms with E-state index in [1.807, 2.05) is 6.07 Å². The molecule has 0 unspecified atom stereocenters. The predicted molar refractivity (Wildman–Crippen MR) is 69.4 cm³/mol. The lowest BCUT2D eigenvalue weighted by Crippen LogP contribution is -2.16.